The van der Waals surface area contributed by atoms with E-state index in [4.69, 9.17) is 16.0 Å². The summed E-state index contributed by atoms with van der Waals surface area (Å²) in [6, 6.07) is 11.1. The lowest BCUT2D eigenvalue weighted by atomic mass is 10.2. The van der Waals surface area contributed by atoms with Gasteiger partial charge in [-0.3, -0.25) is 0 Å². The number of rotatable bonds is 7. The molecule has 2 heterocycles. The quantitative estimate of drug-likeness (QED) is 0.673. The van der Waals surface area contributed by atoms with Crippen molar-refractivity contribution >= 4 is 23.8 Å². The molecule has 3 rings (SSSR count). The normalized spacial score (nSPS) is 15.3. The molecular weight excluding hydrogens is 364 g/mol. The molecule has 1 fully saturated rings. The van der Waals surface area contributed by atoms with Crippen LogP contribution in [0.15, 0.2) is 45.9 Å². The Kier molecular flexibility index (Phi) is 6.53. The van der Waals surface area contributed by atoms with Gasteiger partial charge in [0.05, 0.1) is 6.21 Å². The van der Waals surface area contributed by atoms with Gasteiger partial charge >= 0.3 is 6.03 Å². The van der Waals surface area contributed by atoms with E-state index in [9.17, 15) is 4.79 Å². The van der Waals surface area contributed by atoms with Crippen molar-refractivity contribution < 1.29 is 9.21 Å². The van der Waals surface area contributed by atoms with Crippen LogP contribution in [-0.2, 0) is 0 Å². The lowest BCUT2D eigenvalue weighted by molar-refractivity contribution is 0.130. The largest absolute Gasteiger partial charge is 0.455 e. The van der Waals surface area contributed by atoms with E-state index in [1.54, 1.807) is 6.21 Å². The SMILES string of the molecule is CN(C)CCCN1CCCN(/N=C/c2ccc(-c3ccc(Cl)cc3)o2)C1=O. The van der Waals surface area contributed by atoms with Crippen molar-refractivity contribution in [3.63, 3.8) is 0 Å². The molecule has 2 amide bonds. The molecular formula is C20H25ClN4O2. The Bertz CT molecular complexity index is 786. The van der Waals surface area contributed by atoms with E-state index < -0.39 is 0 Å². The van der Waals surface area contributed by atoms with Gasteiger partial charge in [0.25, 0.3) is 0 Å². The average molecular weight is 389 g/mol. The zero-order valence-electron chi connectivity index (χ0n) is 15.8. The van der Waals surface area contributed by atoms with E-state index in [0.717, 1.165) is 43.8 Å². The van der Waals surface area contributed by atoms with Crippen LogP contribution in [-0.4, -0.2) is 67.3 Å². The number of hydrazone groups is 1. The summed E-state index contributed by atoms with van der Waals surface area (Å²) < 4.78 is 5.80. The number of hydrogen-bond acceptors (Lipinski definition) is 4. The first-order valence-electron chi connectivity index (χ1n) is 9.14. The number of hydrogen-bond donors (Lipinski definition) is 0. The first-order valence-corrected chi connectivity index (χ1v) is 9.51. The molecule has 1 aliphatic rings. The Labute approximate surface area is 165 Å². The fraction of sp³-hybridized carbons (Fsp3) is 0.400. The molecule has 0 N–H and O–H groups in total. The number of urea groups is 1. The molecule has 1 aromatic carbocycles. The Hall–Kier alpha value is -2.31. The molecule has 1 saturated heterocycles. The molecule has 0 radical (unpaired) electrons. The van der Waals surface area contributed by atoms with E-state index >= 15 is 0 Å². The molecule has 0 aliphatic carbocycles. The minimum Gasteiger partial charge on any atom is -0.455 e. The van der Waals surface area contributed by atoms with Crippen LogP contribution in [0.1, 0.15) is 18.6 Å². The van der Waals surface area contributed by atoms with Gasteiger partial charge < -0.3 is 14.2 Å². The topological polar surface area (TPSA) is 52.3 Å². The number of furan rings is 1. The fourth-order valence-corrected chi connectivity index (χ4v) is 3.10. The molecule has 27 heavy (non-hydrogen) atoms. The Morgan fingerprint density at radius 2 is 1.96 bits per heavy atom. The smallest absolute Gasteiger partial charge is 0.340 e. The van der Waals surface area contributed by atoms with Gasteiger partial charge in [-0.15, -0.1) is 0 Å². The number of carbonyl (C=O) groups is 1. The summed E-state index contributed by atoms with van der Waals surface area (Å²) in [5.41, 5.74) is 0.945. The monoisotopic (exact) mass is 388 g/mol. The summed E-state index contributed by atoms with van der Waals surface area (Å²) in [7, 11) is 4.08. The summed E-state index contributed by atoms with van der Waals surface area (Å²) in [6.45, 7) is 3.14. The van der Waals surface area contributed by atoms with Gasteiger partial charge in [-0.1, -0.05) is 11.6 Å². The molecule has 1 aromatic heterocycles. The van der Waals surface area contributed by atoms with Crippen molar-refractivity contribution in [1.82, 2.24) is 14.8 Å². The molecule has 0 spiro atoms. The summed E-state index contributed by atoms with van der Waals surface area (Å²) in [5, 5.41) is 6.54. The average Bonchev–Trinajstić information content (AvgIpc) is 3.11. The van der Waals surface area contributed by atoms with Gasteiger partial charge in [-0.25, -0.2) is 9.80 Å². The van der Waals surface area contributed by atoms with Gasteiger partial charge in [0.2, 0.25) is 0 Å². The highest BCUT2D eigenvalue weighted by Crippen LogP contribution is 2.23. The Morgan fingerprint density at radius 3 is 2.70 bits per heavy atom. The maximum Gasteiger partial charge on any atom is 0.340 e. The van der Waals surface area contributed by atoms with Crippen LogP contribution < -0.4 is 0 Å². The highest BCUT2D eigenvalue weighted by Gasteiger charge is 2.24. The number of nitrogens with zero attached hydrogens (tertiary/aromatic N) is 4. The first kappa shape index (κ1) is 19.5. The number of benzene rings is 1. The van der Waals surface area contributed by atoms with Crippen molar-refractivity contribution in [2.45, 2.75) is 12.8 Å². The Morgan fingerprint density at radius 1 is 1.19 bits per heavy atom. The fourth-order valence-electron chi connectivity index (χ4n) is 2.98. The van der Waals surface area contributed by atoms with E-state index in [1.165, 1.54) is 5.01 Å². The van der Waals surface area contributed by atoms with Crippen LogP contribution in [0.25, 0.3) is 11.3 Å². The maximum absolute atomic E-state index is 12.6. The first-order chi connectivity index (χ1) is 13.0. The maximum atomic E-state index is 12.6. The van der Waals surface area contributed by atoms with Gasteiger partial charge in [0, 0.05) is 30.2 Å². The summed E-state index contributed by atoms with van der Waals surface area (Å²) in [6.07, 6.45) is 3.47. The van der Waals surface area contributed by atoms with E-state index in [0.29, 0.717) is 17.3 Å². The second kappa shape index (κ2) is 9.06. The van der Waals surface area contributed by atoms with E-state index in [-0.39, 0.29) is 6.03 Å². The molecule has 7 heteroatoms. The van der Waals surface area contributed by atoms with Gasteiger partial charge in [0.15, 0.2) is 0 Å². The minimum atomic E-state index is -0.0410. The predicted molar refractivity (Wildman–Crippen MR) is 108 cm³/mol. The Balaban J connectivity index is 1.60. The van der Waals surface area contributed by atoms with E-state index in [1.807, 2.05) is 55.4 Å². The van der Waals surface area contributed by atoms with Crippen molar-refractivity contribution in [3.8, 4) is 11.3 Å². The molecule has 0 saturated carbocycles. The van der Waals surface area contributed by atoms with E-state index in [2.05, 4.69) is 10.0 Å². The van der Waals surface area contributed by atoms with Crippen molar-refractivity contribution in [3.05, 3.63) is 47.2 Å². The number of amides is 2. The highest BCUT2D eigenvalue weighted by atomic mass is 35.5. The predicted octanol–water partition coefficient (Wildman–Crippen LogP) is 4.01. The minimum absolute atomic E-state index is 0.0410. The molecule has 0 unspecified atom stereocenters. The molecule has 1 aliphatic heterocycles. The van der Waals surface area contributed by atoms with Crippen molar-refractivity contribution in [2.24, 2.45) is 5.10 Å². The highest BCUT2D eigenvalue weighted by molar-refractivity contribution is 6.30. The molecule has 144 valence electrons. The van der Waals surface area contributed by atoms with Crippen molar-refractivity contribution in [2.75, 3.05) is 40.3 Å². The van der Waals surface area contributed by atoms with Crippen LogP contribution in [0.3, 0.4) is 0 Å². The summed E-state index contributed by atoms with van der Waals surface area (Å²) in [5.74, 6) is 1.35. The number of halogens is 1. The van der Waals surface area contributed by atoms with Gasteiger partial charge in [0.1, 0.15) is 11.5 Å². The summed E-state index contributed by atoms with van der Waals surface area (Å²) >= 11 is 5.92. The second-order valence-corrected chi connectivity index (χ2v) is 7.29. The van der Waals surface area contributed by atoms with Crippen LogP contribution >= 0.6 is 11.6 Å². The van der Waals surface area contributed by atoms with Crippen LogP contribution in [0.2, 0.25) is 5.02 Å². The van der Waals surface area contributed by atoms with Gasteiger partial charge in [-0.2, -0.15) is 5.10 Å². The zero-order chi connectivity index (χ0) is 19.2. The molecule has 6 nitrogen and oxygen atoms in total. The molecule has 2 aromatic rings. The van der Waals surface area contributed by atoms with Crippen molar-refractivity contribution in [1.29, 1.82) is 0 Å². The standard InChI is InChI=1S/C20H25ClN4O2/c1-23(2)11-3-12-24-13-4-14-25(20(24)26)22-15-18-9-10-19(27-18)16-5-7-17(21)8-6-16/h5-10,15H,3-4,11-14H2,1-2H3/b22-15+. The van der Waals surface area contributed by atoms with Gasteiger partial charge in [-0.05, 0) is 69.9 Å². The van der Waals surface area contributed by atoms with Crippen LogP contribution in [0.5, 0.6) is 0 Å². The third-order valence-electron chi connectivity index (χ3n) is 4.40. The van der Waals surface area contributed by atoms with Crippen LogP contribution in [0, 0.1) is 0 Å². The lowest BCUT2D eigenvalue weighted by Gasteiger charge is -2.32. The lowest BCUT2D eigenvalue weighted by Crippen LogP contribution is -2.47. The third kappa shape index (κ3) is 5.34. The zero-order valence-corrected chi connectivity index (χ0v) is 16.5. The second-order valence-electron chi connectivity index (χ2n) is 6.86. The van der Waals surface area contributed by atoms with Crippen LogP contribution in [0.4, 0.5) is 4.79 Å². The number of carbonyl (C=O) groups excluding carboxylic acids is 1. The summed E-state index contributed by atoms with van der Waals surface area (Å²) in [4.78, 5) is 16.6. The molecule has 0 bridgehead atoms. The molecule has 0 atom stereocenters. The third-order valence-corrected chi connectivity index (χ3v) is 4.65.